The lowest BCUT2D eigenvalue weighted by Crippen LogP contribution is -2.57. The Bertz CT molecular complexity index is 1440. The zero-order valence-electron chi connectivity index (χ0n) is 20.3. The minimum Gasteiger partial charge on any atom is -0.459 e. The summed E-state index contributed by atoms with van der Waals surface area (Å²) in [7, 11) is -4.34. The van der Waals surface area contributed by atoms with Gasteiger partial charge in [0, 0.05) is 43.9 Å². The van der Waals surface area contributed by atoms with E-state index in [1.807, 2.05) is 0 Å². The lowest BCUT2D eigenvalue weighted by molar-refractivity contribution is -0.384. The smallest absolute Gasteiger partial charge is 0.288 e. The van der Waals surface area contributed by atoms with Crippen LogP contribution < -0.4 is 5.32 Å². The number of hydrogen-bond acceptors (Lipinski definition) is 8. The molecule has 2 heterocycles. The van der Waals surface area contributed by atoms with Gasteiger partial charge in [-0.2, -0.15) is 0 Å². The van der Waals surface area contributed by atoms with Crippen molar-refractivity contribution in [3.63, 3.8) is 0 Å². The van der Waals surface area contributed by atoms with E-state index in [1.165, 1.54) is 64.6 Å². The van der Waals surface area contributed by atoms with Crippen molar-refractivity contribution in [2.24, 2.45) is 0 Å². The number of nitro benzene ring substituents is 1. The molecule has 1 atom stereocenters. The number of hydrogen-bond donors (Lipinski definition) is 1. The van der Waals surface area contributed by atoms with Crippen molar-refractivity contribution in [3.8, 4) is 0 Å². The Morgan fingerprint density at radius 2 is 1.55 bits per heavy atom. The van der Waals surface area contributed by atoms with Crippen LogP contribution in [0.5, 0.6) is 0 Å². The lowest BCUT2D eigenvalue weighted by atomic mass is 10.1. The monoisotopic (exact) mass is 540 g/mol. The van der Waals surface area contributed by atoms with Crippen LogP contribution in [0.2, 0.25) is 0 Å². The number of benzene rings is 2. The molecule has 1 fully saturated rings. The molecule has 0 saturated carbocycles. The Balaban J connectivity index is 1.51. The fraction of sp³-hybridized carbons (Fsp3) is 0.240. The van der Waals surface area contributed by atoms with E-state index in [4.69, 9.17) is 4.42 Å². The number of carbonyl (C=O) groups excluding carboxylic acids is 3. The van der Waals surface area contributed by atoms with Gasteiger partial charge in [-0.05, 0) is 43.3 Å². The average Bonchev–Trinajstić information content (AvgIpc) is 3.46. The third-order valence-electron chi connectivity index (χ3n) is 6.09. The number of non-ortho nitro benzene ring substituents is 1. The molecule has 13 heteroatoms. The largest absolute Gasteiger partial charge is 0.459 e. The Labute approximate surface area is 217 Å². The zero-order chi connectivity index (χ0) is 27.4. The fourth-order valence-corrected chi connectivity index (χ4v) is 5.40. The molecule has 0 spiro atoms. The van der Waals surface area contributed by atoms with Crippen molar-refractivity contribution >= 4 is 33.2 Å². The number of amides is 3. The highest BCUT2D eigenvalue weighted by Crippen LogP contribution is 2.20. The third-order valence-corrected chi connectivity index (χ3v) is 7.96. The standard InChI is InChI=1S/C25H24N4O8S/c1-17-4-10-20(11-5-17)38(35,36)23(26-22(30)21-3-2-16-37-21)25(32)28-14-12-27(13-15-28)24(31)18-6-8-19(9-7-18)29(33)34/h2-11,16,23H,12-15H2,1H3,(H,26,30)/t23-/m0/s1. The maximum atomic E-state index is 13.5. The average molecular weight is 541 g/mol. The van der Waals surface area contributed by atoms with Gasteiger partial charge in [0.1, 0.15) is 0 Å². The number of rotatable bonds is 7. The summed E-state index contributed by atoms with van der Waals surface area (Å²) in [6.45, 7) is 2.04. The van der Waals surface area contributed by atoms with Crippen LogP contribution in [0.25, 0.3) is 0 Å². The Morgan fingerprint density at radius 3 is 2.11 bits per heavy atom. The van der Waals surface area contributed by atoms with Gasteiger partial charge in [0.25, 0.3) is 23.4 Å². The number of sulfone groups is 1. The first-order valence-electron chi connectivity index (χ1n) is 11.6. The molecule has 4 rings (SSSR count). The van der Waals surface area contributed by atoms with Crippen molar-refractivity contribution in [2.45, 2.75) is 17.2 Å². The molecule has 2 aromatic carbocycles. The first-order valence-corrected chi connectivity index (χ1v) is 13.1. The molecule has 0 aliphatic carbocycles. The number of furan rings is 1. The van der Waals surface area contributed by atoms with E-state index in [0.717, 1.165) is 5.56 Å². The van der Waals surface area contributed by atoms with Gasteiger partial charge in [-0.1, -0.05) is 17.7 Å². The first-order chi connectivity index (χ1) is 18.1. The van der Waals surface area contributed by atoms with E-state index < -0.39 is 31.9 Å². The number of nitrogens with zero attached hydrogens (tertiary/aromatic N) is 3. The summed E-state index contributed by atoms with van der Waals surface area (Å²) in [6, 6.07) is 13.9. The highest BCUT2D eigenvalue weighted by atomic mass is 32.2. The Morgan fingerprint density at radius 1 is 0.947 bits per heavy atom. The van der Waals surface area contributed by atoms with E-state index in [0.29, 0.717) is 0 Å². The van der Waals surface area contributed by atoms with Crippen LogP contribution in [0.15, 0.2) is 76.2 Å². The first kappa shape index (κ1) is 26.5. The van der Waals surface area contributed by atoms with Crippen molar-refractivity contribution in [1.82, 2.24) is 15.1 Å². The predicted octanol–water partition coefficient (Wildman–Crippen LogP) is 2.01. The SMILES string of the molecule is Cc1ccc(S(=O)(=O)[C@H](NC(=O)c2ccco2)C(=O)N2CCN(C(=O)c3ccc([N+](=O)[O-])cc3)CC2)cc1. The van der Waals surface area contributed by atoms with Crippen LogP contribution in [0, 0.1) is 17.0 Å². The molecule has 12 nitrogen and oxygen atoms in total. The molecule has 198 valence electrons. The minimum absolute atomic E-state index is 0.0219. The zero-order valence-corrected chi connectivity index (χ0v) is 21.1. The van der Waals surface area contributed by atoms with Crippen molar-refractivity contribution in [2.75, 3.05) is 26.2 Å². The minimum atomic E-state index is -4.34. The van der Waals surface area contributed by atoms with Crippen LogP contribution >= 0.6 is 0 Å². The van der Waals surface area contributed by atoms with Crippen LogP contribution in [0.3, 0.4) is 0 Å². The summed E-state index contributed by atoms with van der Waals surface area (Å²) in [5, 5.41) is 11.2. The number of piperazine rings is 1. The normalized spacial score (nSPS) is 14.6. The summed E-state index contributed by atoms with van der Waals surface area (Å²) >= 11 is 0. The molecular weight excluding hydrogens is 516 g/mol. The van der Waals surface area contributed by atoms with Crippen LogP contribution in [0.1, 0.15) is 26.5 Å². The molecule has 3 aromatic rings. The van der Waals surface area contributed by atoms with Crippen LogP contribution in [0.4, 0.5) is 5.69 Å². The van der Waals surface area contributed by atoms with Gasteiger partial charge < -0.3 is 19.5 Å². The van der Waals surface area contributed by atoms with E-state index in [1.54, 1.807) is 19.1 Å². The number of nitro groups is 1. The Hall–Kier alpha value is -4.52. The highest BCUT2D eigenvalue weighted by Gasteiger charge is 2.40. The second kappa shape index (κ2) is 10.8. The molecule has 3 amide bonds. The van der Waals surface area contributed by atoms with Gasteiger partial charge in [-0.3, -0.25) is 24.5 Å². The molecule has 1 N–H and O–H groups in total. The summed E-state index contributed by atoms with van der Waals surface area (Å²) < 4.78 is 32.0. The Kier molecular flexibility index (Phi) is 7.57. The molecule has 0 bridgehead atoms. The van der Waals surface area contributed by atoms with Gasteiger partial charge >= 0.3 is 0 Å². The highest BCUT2D eigenvalue weighted by molar-refractivity contribution is 7.92. The molecule has 1 aromatic heterocycles. The maximum absolute atomic E-state index is 13.5. The molecule has 38 heavy (non-hydrogen) atoms. The van der Waals surface area contributed by atoms with Crippen LogP contribution in [-0.4, -0.2) is 72.4 Å². The van der Waals surface area contributed by atoms with E-state index in [2.05, 4.69) is 5.32 Å². The van der Waals surface area contributed by atoms with Crippen LogP contribution in [-0.2, 0) is 14.6 Å². The van der Waals surface area contributed by atoms with E-state index in [-0.39, 0.29) is 54.0 Å². The second-order valence-corrected chi connectivity index (χ2v) is 10.6. The molecule has 0 radical (unpaired) electrons. The van der Waals surface area contributed by atoms with Crippen molar-refractivity contribution in [1.29, 1.82) is 0 Å². The van der Waals surface area contributed by atoms with Gasteiger partial charge in [0.05, 0.1) is 16.1 Å². The molecule has 1 saturated heterocycles. The summed E-state index contributed by atoms with van der Waals surface area (Å²) in [5.41, 5.74) is 0.926. The number of carbonyl (C=O) groups is 3. The number of nitrogens with one attached hydrogen (secondary N) is 1. The molecule has 1 aliphatic heterocycles. The quantitative estimate of drug-likeness (QED) is 0.352. The second-order valence-electron chi connectivity index (χ2n) is 8.61. The molecule has 1 aliphatic rings. The lowest BCUT2D eigenvalue weighted by Gasteiger charge is -2.36. The summed E-state index contributed by atoms with van der Waals surface area (Å²) in [4.78, 5) is 51.9. The molecule has 0 unspecified atom stereocenters. The van der Waals surface area contributed by atoms with Gasteiger partial charge in [-0.15, -0.1) is 0 Å². The third kappa shape index (κ3) is 5.57. The van der Waals surface area contributed by atoms with E-state index in [9.17, 15) is 32.9 Å². The predicted molar refractivity (Wildman–Crippen MR) is 134 cm³/mol. The van der Waals surface area contributed by atoms with E-state index >= 15 is 0 Å². The summed E-state index contributed by atoms with van der Waals surface area (Å²) in [6.07, 6.45) is 1.25. The van der Waals surface area contributed by atoms with Gasteiger partial charge in [0.15, 0.2) is 5.76 Å². The number of aryl methyl sites for hydroxylation is 1. The summed E-state index contributed by atoms with van der Waals surface area (Å²) in [5.74, 6) is -2.23. The fourth-order valence-electron chi connectivity index (χ4n) is 3.94. The topological polar surface area (TPSA) is 160 Å². The van der Waals surface area contributed by atoms with Crippen molar-refractivity contribution in [3.05, 3.63) is 93.9 Å². The van der Waals surface area contributed by atoms with Gasteiger partial charge in [-0.25, -0.2) is 8.42 Å². The van der Waals surface area contributed by atoms with Crippen molar-refractivity contribution < 1.29 is 32.1 Å². The maximum Gasteiger partial charge on any atom is 0.288 e. The molecular formula is C25H24N4O8S. The van der Waals surface area contributed by atoms with Gasteiger partial charge in [0.2, 0.25) is 15.2 Å².